The van der Waals surface area contributed by atoms with E-state index in [4.69, 9.17) is 0 Å². The van der Waals surface area contributed by atoms with Crippen LogP contribution in [0.15, 0.2) is 12.5 Å². The van der Waals surface area contributed by atoms with E-state index in [0.29, 0.717) is 4.58 Å². The van der Waals surface area contributed by atoms with E-state index in [1.54, 1.807) is 6.33 Å². The number of likely N-dealkylation sites (N-methyl/N-ethyl adjacent to an activating group) is 1. The maximum Gasteiger partial charge on any atom is 0.163 e. The van der Waals surface area contributed by atoms with Crippen LogP contribution in [0.25, 0.3) is 11.0 Å². The molecule has 8 heteroatoms. The van der Waals surface area contributed by atoms with Crippen molar-refractivity contribution in [3.05, 3.63) is 12.5 Å². The fraction of sp³-hybridized carbons (Fsp3) is 0.643. The lowest BCUT2D eigenvalue weighted by molar-refractivity contribution is 0.312. The summed E-state index contributed by atoms with van der Waals surface area (Å²) in [4.78, 5) is 13.7. The predicted molar refractivity (Wildman–Crippen MR) is 93.7 cm³/mol. The van der Waals surface area contributed by atoms with Crippen LogP contribution in [0.5, 0.6) is 0 Å². The van der Waals surface area contributed by atoms with Gasteiger partial charge in [-0.15, -0.1) is 23.5 Å². The van der Waals surface area contributed by atoms with Crippen LogP contribution in [0.2, 0.25) is 0 Å². The molecule has 0 spiro atoms. The van der Waals surface area contributed by atoms with Crippen LogP contribution in [0.3, 0.4) is 0 Å². The van der Waals surface area contributed by atoms with E-state index < -0.39 is 0 Å². The van der Waals surface area contributed by atoms with Gasteiger partial charge in [0.2, 0.25) is 0 Å². The molecule has 4 heterocycles. The minimum absolute atomic E-state index is 0.602. The third-order valence-corrected chi connectivity index (χ3v) is 7.22. The molecule has 2 aromatic rings. The molecular formula is C14H20N6S2. The summed E-state index contributed by atoms with van der Waals surface area (Å²) in [6.07, 6.45) is 3.62. The Morgan fingerprint density at radius 1 is 1.14 bits per heavy atom. The molecule has 2 aromatic heterocycles. The van der Waals surface area contributed by atoms with E-state index in [2.05, 4.69) is 31.9 Å². The molecule has 0 unspecified atom stereocenters. The highest BCUT2D eigenvalue weighted by atomic mass is 32.2. The lowest BCUT2D eigenvalue weighted by Gasteiger charge is -2.33. The number of rotatable bonds is 3. The molecule has 0 amide bonds. The van der Waals surface area contributed by atoms with Crippen molar-refractivity contribution >= 4 is 40.4 Å². The van der Waals surface area contributed by atoms with Crippen LogP contribution in [0.4, 0.5) is 5.82 Å². The van der Waals surface area contributed by atoms with Crippen LogP contribution in [0.1, 0.15) is 0 Å². The van der Waals surface area contributed by atoms with Crippen molar-refractivity contribution < 1.29 is 0 Å². The second-order valence-corrected chi connectivity index (χ2v) is 8.64. The fourth-order valence-corrected chi connectivity index (χ4v) is 5.69. The Hall–Kier alpha value is -0.990. The quantitative estimate of drug-likeness (QED) is 0.839. The topological polar surface area (TPSA) is 50.1 Å². The zero-order chi connectivity index (χ0) is 14.9. The van der Waals surface area contributed by atoms with Gasteiger partial charge < -0.3 is 9.80 Å². The standard InChI is InChI=1S/C14H20N6S2/c1-18-2-4-19(5-3-18)13-11-8-17-20(14(11)16-10-15-13)9-12-21-6-7-22-12/h8,10,12H,2-7,9H2,1H3. The third kappa shape index (κ3) is 2.79. The number of thioether (sulfide) groups is 2. The molecule has 22 heavy (non-hydrogen) atoms. The van der Waals surface area contributed by atoms with Crippen LogP contribution >= 0.6 is 23.5 Å². The molecular weight excluding hydrogens is 316 g/mol. The molecule has 4 rings (SSSR count). The van der Waals surface area contributed by atoms with Crippen molar-refractivity contribution in [2.24, 2.45) is 0 Å². The average Bonchev–Trinajstić information content (AvgIpc) is 3.19. The smallest absolute Gasteiger partial charge is 0.163 e. The second kappa shape index (κ2) is 6.25. The number of hydrogen-bond acceptors (Lipinski definition) is 7. The van der Waals surface area contributed by atoms with Crippen molar-refractivity contribution in [3.63, 3.8) is 0 Å². The van der Waals surface area contributed by atoms with Gasteiger partial charge in [0.1, 0.15) is 12.1 Å². The highest BCUT2D eigenvalue weighted by Gasteiger charge is 2.22. The number of hydrogen-bond donors (Lipinski definition) is 0. The van der Waals surface area contributed by atoms with Gasteiger partial charge in [0, 0.05) is 37.7 Å². The first-order valence-electron chi connectivity index (χ1n) is 7.64. The zero-order valence-corrected chi connectivity index (χ0v) is 14.3. The molecule has 0 radical (unpaired) electrons. The molecule has 0 aliphatic carbocycles. The van der Waals surface area contributed by atoms with Crippen LogP contribution < -0.4 is 4.90 Å². The normalized spacial score (nSPS) is 21.0. The Labute approximate surface area is 138 Å². The summed E-state index contributed by atoms with van der Waals surface area (Å²) in [5.41, 5.74) is 0.969. The first-order valence-corrected chi connectivity index (χ1v) is 9.74. The lowest BCUT2D eigenvalue weighted by Crippen LogP contribution is -2.44. The van der Waals surface area contributed by atoms with Crippen molar-refractivity contribution in [2.45, 2.75) is 11.1 Å². The minimum Gasteiger partial charge on any atom is -0.353 e. The first-order chi connectivity index (χ1) is 10.8. The van der Waals surface area contributed by atoms with Gasteiger partial charge in [-0.1, -0.05) is 0 Å². The monoisotopic (exact) mass is 336 g/mol. The van der Waals surface area contributed by atoms with E-state index >= 15 is 0 Å². The van der Waals surface area contributed by atoms with E-state index in [-0.39, 0.29) is 0 Å². The molecule has 2 aliphatic heterocycles. The number of anilines is 1. The zero-order valence-electron chi connectivity index (χ0n) is 12.7. The lowest BCUT2D eigenvalue weighted by atomic mass is 10.3. The SMILES string of the molecule is CN1CCN(c2ncnc3c2cnn3CC2SCCS2)CC1. The summed E-state index contributed by atoms with van der Waals surface area (Å²) < 4.78 is 2.65. The number of fused-ring (bicyclic) bond motifs is 1. The number of aromatic nitrogens is 4. The molecule has 0 aromatic carbocycles. The predicted octanol–water partition coefficient (Wildman–Crippen LogP) is 1.38. The average molecular weight is 336 g/mol. The fourth-order valence-electron chi connectivity index (χ4n) is 2.94. The van der Waals surface area contributed by atoms with Gasteiger partial charge in [-0.3, -0.25) is 0 Å². The van der Waals surface area contributed by atoms with Gasteiger partial charge in [0.15, 0.2) is 5.65 Å². The van der Waals surface area contributed by atoms with E-state index in [9.17, 15) is 0 Å². The third-order valence-electron chi connectivity index (χ3n) is 4.23. The molecule has 0 bridgehead atoms. The maximum absolute atomic E-state index is 4.58. The summed E-state index contributed by atoms with van der Waals surface area (Å²) in [6.45, 7) is 5.12. The molecule has 2 aliphatic rings. The van der Waals surface area contributed by atoms with Gasteiger partial charge in [0.25, 0.3) is 0 Å². The van der Waals surface area contributed by atoms with Gasteiger partial charge in [-0.25, -0.2) is 14.6 Å². The van der Waals surface area contributed by atoms with Crippen LogP contribution in [0, 0.1) is 0 Å². The van der Waals surface area contributed by atoms with Gasteiger partial charge in [0.05, 0.1) is 22.7 Å². The van der Waals surface area contributed by atoms with E-state index in [0.717, 1.165) is 49.6 Å². The Morgan fingerprint density at radius 2 is 1.91 bits per heavy atom. The van der Waals surface area contributed by atoms with Crippen molar-refractivity contribution in [1.29, 1.82) is 0 Å². The van der Waals surface area contributed by atoms with Crippen LogP contribution in [-0.4, -0.2) is 74.0 Å². The highest BCUT2D eigenvalue weighted by molar-refractivity contribution is 8.20. The first kappa shape index (κ1) is 14.6. The van der Waals surface area contributed by atoms with Gasteiger partial charge in [-0.2, -0.15) is 5.10 Å². The molecule has 2 saturated heterocycles. The Kier molecular flexibility index (Phi) is 4.15. The van der Waals surface area contributed by atoms with Crippen molar-refractivity contribution in [3.8, 4) is 0 Å². The summed E-state index contributed by atoms with van der Waals surface area (Å²) in [7, 11) is 2.17. The van der Waals surface area contributed by atoms with Gasteiger partial charge >= 0.3 is 0 Å². The molecule has 0 saturated carbocycles. The van der Waals surface area contributed by atoms with E-state index in [1.165, 1.54) is 11.5 Å². The summed E-state index contributed by atoms with van der Waals surface area (Å²) in [6, 6.07) is 0. The molecule has 6 nitrogen and oxygen atoms in total. The Balaban J connectivity index is 1.61. The highest BCUT2D eigenvalue weighted by Crippen LogP contribution is 2.33. The summed E-state index contributed by atoms with van der Waals surface area (Å²) in [5.74, 6) is 3.53. The van der Waals surface area contributed by atoms with Crippen molar-refractivity contribution in [2.75, 3.05) is 49.6 Å². The van der Waals surface area contributed by atoms with E-state index in [1.807, 2.05) is 34.4 Å². The number of nitrogens with zero attached hydrogens (tertiary/aromatic N) is 6. The summed E-state index contributed by atoms with van der Waals surface area (Å²) in [5, 5.41) is 5.66. The maximum atomic E-state index is 4.58. The Morgan fingerprint density at radius 3 is 2.68 bits per heavy atom. The molecule has 0 N–H and O–H groups in total. The minimum atomic E-state index is 0.602. The summed E-state index contributed by atoms with van der Waals surface area (Å²) >= 11 is 4.05. The van der Waals surface area contributed by atoms with Gasteiger partial charge in [-0.05, 0) is 7.05 Å². The number of piperazine rings is 1. The van der Waals surface area contributed by atoms with Crippen LogP contribution in [-0.2, 0) is 6.54 Å². The molecule has 2 fully saturated rings. The van der Waals surface area contributed by atoms with Crippen molar-refractivity contribution in [1.82, 2.24) is 24.6 Å². The Bertz CT molecular complexity index is 646. The molecule has 118 valence electrons. The molecule has 0 atom stereocenters. The largest absolute Gasteiger partial charge is 0.353 e. The second-order valence-electron chi connectivity index (χ2n) is 5.72.